The highest BCUT2D eigenvalue weighted by molar-refractivity contribution is 5.73. The number of aryl methyl sites for hydroxylation is 1. The van der Waals surface area contributed by atoms with Crippen molar-refractivity contribution in [3.8, 4) is 11.8 Å². The zero-order valence-corrected chi connectivity index (χ0v) is 10.5. The number of carbonyl (C=O) groups is 1. The highest BCUT2D eigenvalue weighted by Gasteiger charge is 2.32. The number of pyridine rings is 1. The number of hydrogen-bond donors (Lipinski definition) is 0. The van der Waals surface area contributed by atoms with Crippen LogP contribution in [0.1, 0.15) is 11.1 Å². The van der Waals surface area contributed by atoms with Gasteiger partial charge in [-0.15, -0.1) is 13.2 Å². The molecule has 0 aliphatic carbocycles. The van der Waals surface area contributed by atoms with Crippen LogP contribution in [0.15, 0.2) is 6.07 Å². The first-order valence-corrected chi connectivity index (χ1v) is 5.14. The molecule has 0 unspecified atom stereocenters. The van der Waals surface area contributed by atoms with Crippen LogP contribution in [0.3, 0.4) is 0 Å². The van der Waals surface area contributed by atoms with E-state index in [0.29, 0.717) is 11.1 Å². The van der Waals surface area contributed by atoms with Crippen molar-refractivity contribution < 1.29 is 32.2 Å². The standard InChI is InChI=1S/C11H12F3NO4/c1-6-4-8(19-11(12,13)14)15-10(18-3)7(6)5-9(16)17-2/h4H,5H2,1-3H3. The van der Waals surface area contributed by atoms with Gasteiger partial charge < -0.3 is 14.2 Å². The number of alkyl halides is 3. The maximum absolute atomic E-state index is 12.1. The Morgan fingerprint density at radius 2 is 2.00 bits per heavy atom. The van der Waals surface area contributed by atoms with Crippen molar-refractivity contribution in [2.24, 2.45) is 0 Å². The molecule has 1 aromatic rings. The molecule has 5 nitrogen and oxygen atoms in total. The zero-order valence-electron chi connectivity index (χ0n) is 10.5. The number of nitrogens with zero attached hydrogens (tertiary/aromatic N) is 1. The highest BCUT2D eigenvalue weighted by atomic mass is 19.4. The first-order valence-electron chi connectivity index (χ1n) is 5.14. The lowest BCUT2D eigenvalue weighted by Gasteiger charge is -2.13. The average Bonchev–Trinajstić information content (AvgIpc) is 2.29. The lowest BCUT2D eigenvalue weighted by molar-refractivity contribution is -0.276. The summed E-state index contributed by atoms with van der Waals surface area (Å²) in [6.45, 7) is 1.52. The van der Waals surface area contributed by atoms with Crippen LogP contribution in [0.4, 0.5) is 13.2 Å². The number of rotatable bonds is 4. The molecular weight excluding hydrogens is 267 g/mol. The molecule has 19 heavy (non-hydrogen) atoms. The van der Waals surface area contributed by atoms with Gasteiger partial charge in [0.1, 0.15) is 0 Å². The van der Waals surface area contributed by atoms with Gasteiger partial charge in [-0.1, -0.05) is 0 Å². The maximum atomic E-state index is 12.1. The van der Waals surface area contributed by atoms with Crippen molar-refractivity contribution in [2.45, 2.75) is 19.7 Å². The zero-order chi connectivity index (χ0) is 14.6. The Morgan fingerprint density at radius 3 is 2.47 bits per heavy atom. The first-order chi connectivity index (χ1) is 8.76. The molecule has 1 aromatic heterocycles. The average molecular weight is 279 g/mol. The van der Waals surface area contributed by atoms with Crippen molar-refractivity contribution in [1.82, 2.24) is 4.98 Å². The normalized spacial score (nSPS) is 11.1. The van der Waals surface area contributed by atoms with Crippen molar-refractivity contribution in [3.05, 3.63) is 17.2 Å². The van der Waals surface area contributed by atoms with Gasteiger partial charge in [-0.25, -0.2) is 0 Å². The molecule has 0 atom stereocenters. The Kier molecular flexibility index (Phi) is 4.57. The molecule has 0 saturated carbocycles. The topological polar surface area (TPSA) is 57.7 Å². The van der Waals surface area contributed by atoms with E-state index in [1.807, 2.05) is 0 Å². The summed E-state index contributed by atoms with van der Waals surface area (Å²) in [5.41, 5.74) is 0.736. The van der Waals surface area contributed by atoms with Crippen LogP contribution in [-0.4, -0.2) is 31.5 Å². The molecule has 1 rings (SSSR count). The van der Waals surface area contributed by atoms with Crippen LogP contribution in [0.25, 0.3) is 0 Å². The second-order valence-electron chi connectivity index (χ2n) is 3.57. The van der Waals surface area contributed by atoms with Crippen LogP contribution in [0, 0.1) is 6.92 Å². The number of ether oxygens (including phenoxy) is 3. The molecular formula is C11H12F3NO4. The Morgan fingerprint density at radius 1 is 1.37 bits per heavy atom. The molecule has 0 fully saturated rings. The fourth-order valence-corrected chi connectivity index (χ4v) is 1.41. The molecule has 0 radical (unpaired) electrons. The number of hydrogen-bond acceptors (Lipinski definition) is 5. The van der Waals surface area contributed by atoms with Crippen molar-refractivity contribution in [3.63, 3.8) is 0 Å². The molecule has 0 amide bonds. The fraction of sp³-hybridized carbons (Fsp3) is 0.455. The van der Waals surface area contributed by atoms with Crippen molar-refractivity contribution >= 4 is 5.97 Å². The summed E-state index contributed by atoms with van der Waals surface area (Å²) < 4.78 is 49.3. The van der Waals surface area contributed by atoms with Crippen LogP contribution in [0.2, 0.25) is 0 Å². The minimum atomic E-state index is -4.84. The second-order valence-corrected chi connectivity index (χ2v) is 3.57. The molecule has 1 heterocycles. The van der Waals surface area contributed by atoms with E-state index in [2.05, 4.69) is 14.5 Å². The third kappa shape index (κ3) is 4.31. The summed E-state index contributed by atoms with van der Waals surface area (Å²) in [5.74, 6) is -1.30. The van der Waals surface area contributed by atoms with Gasteiger partial charge in [0.25, 0.3) is 0 Å². The molecule has 0 aliphatic rings. The van der Waals surface area contributed by atoms with Crippen molar-refractivity contribution in [1.29, 1.82) is 0 Å². The SMILES string of the molecule is COC(=O)Cc1c(C)cc(OC(F)(F)F)nc1OC. The van der Waals surface area contributed by atoms with Gasteiger partial charge in [0, 0.05) is 11.6 Å². The van der Waals surface area contributed by atoms with Gasteiger partial charge in [-0.05, 0) is 12.5 Å². The van der Waals surface area contributed by atoms with E-state index in [4.69, 9.17) is 4.74 Å². The Labute approximate surface area is 107 Å². The summed E-state index contributed by atoms with van der Waals surface area (Å²) in [5, 5.41) is 0. The largest absolute Gasteiger partial charge is 0.574 e. The van der Waals surface area contributed by atoms with E-state index in [-0.39, 0.29) is 12.3 Å². The Hall–Kier alpha value is -1.99. The summed E-state index contributed by atoms with van der Waals surface area (Å²) in [7, 11) is 2.44. The third-order valence-electron chi connectivity index (χ3n) is 2.25. The molecule has 0 saturated heterocycles. The van der Waals surface area contributed by atoms with E-state index in [0.717, 1.165) is 6.07 Å². The summed E-state index contributed by atoms with van der Waals surface area (Å²) in [6.07, 6.45) is -4.99. The molecule has 106 valence electrons. The predicted octanol–water partition coefficient (Wildman–Crippen LogP) is 2.01. The number of halogens is 3. The van der Waals surface area contributed by atoms with E-state index >= 15 is 0 Å². The van der Waals surface area contributed by atoms with Gasteiger partial charge >= 0.3 is 12.3 Å². The fourth-order valence-electron chi connectivity index (χ4n) is 1.41. The summed E-state index contributed by atoms with van der Waals surface area (Å²) >= 11 is 0. The number of carbonyl (C=O) groups excluding carboxylic acids is 1. The van der Waals surface area contributed by atoms with Crippen LogP contribution >= 0.6 is 0 Å². The lowest BCUT2D eigenvalue weighted by atomic mass is 10.1. The van der Waals surface area contributed by atoms with Crippen LogP contribution in [0.5, 0.6) is 11.8 Å². The monoisotopic (exact) mass is 279 g/mol. The molecule has 0 aliphatic heterocycles. The summed E-state index contributed by atoms with van der Waals surface area (Å²) in [6, 6.07) is 1.08. The quantitative estimate of drug-likeness (QED) is 0.789. The van der Waals surface area contributed by atoms with Gasteiger partial charge in [-0.3, -0.25) is 4.79 Å². The van der Waals surface area contributed by atoms with E-state index < -0.39 is 18.2 Å². The molecule has 0 aromatic carbocycles. The number of aromatic nitrogens is 1. The molecule has 0 N–H and O–H groups in total. The smallest absolute Gasteiger partial charge is 0.481 e. The number of methoxy groups -OCH3 is 2. The lowest BCUT2D eigenvalue weighted by Crippen LogP contribution is -2.18. The van der Waals surface area contributed by atoms with Gasteiger partial charge in [-0.2, -0.15) is 4.98 Å². The second kappa shape index (κ2) is 5.77. The Balaban J connectivity index is 3.11. The maximum Gasteiger partial charge on any atom is 0.574 e. The minimum Gasteiger partial charge on any atom is -0.481 e. The predicted molar refractivity (Wildman–Crippen MR) is 57.9 cm³/mol. The van der Waals surface area contributed by atoms with Crippen molar-refractivity contribution in [2.75, 3.05) is 14.2 Å². The van der Waals surface area contributed by atoms with E-state index in [1.54, 1.807) is 0 Å². The van der Waals surface area contributed by atoms with Crippen LogP contribution in [-0.2, 0) is 16.0 Å². The highest BCUT2D eigenvalue weighted by Crippen LogP contribution is 2.28. The van der Waals surface area contributed by atoms with Crippen LogP contribution < -0.4 is 9.47 Å². The van der Waals surface area contributed by atoms with Gasteiger partial charge in [0.15, 0.2) is 0 Å². The van der Waals surface area contributed by atoms with Gasteiger partial charge in [0.05, 0.1) is 20.6 Å². The summed E-state index contributed by atoms with van der Waals surface area (Å²) in [4.78, 5) is 14.8. The first kappa shape index (κ1) is 15.1. The van der Waals surface area contributed by atoms with Gasteiger partial charge in [0.2, 0.25) is 11.8 Å². The third-order valence-corrected chi connectivity index (χ3v) is 2.25. The van der Waals surface area contributed by atoms with E-state index in [9.17, 15) is 18.0 Å². The molecule has 0 spiro atoms. The Bertz CT molecular complexity index is 474. The molecule has 8 heteroatoms. The minimum absolute atomic E-state index is 0.107. The molecule has 0 bridgehead atoms. The van der Waals surface area contributed by atoms with E-state index in [1.165, 1.54) is 21.1 Å². The number of esters is 1.